The zero-order chi connectivity index (χ0) is 20.1. The number of rotatable bonds is 6. The third-order valence-corrected chi connectivity index (χ3v) is 5.80. The second kappa shape index (κ2) is 9.45. The fourth-order valence-electron chi connectivity index (χ4n) is 2.59. The minimum atomic E-state index is -0.358. The van der Waals surface area contributed by atoms with Crippen LogP contribution in [0, 0.1) is 5.82 Å². The Labute approximate surface area is 180 Å². The quantitative estimate of drug-likeness (QED) is 0.457. The van der Waals surface area contributed by atoms with Crippen molar-refractivity contribution in [3.8, 4) is 0 Å². The smallest absolute Gasteiger partial charge is 0.266 e. The minimum absolute atomic E-state index is 0.145. The number of nitrogens with one attached hydrogen (secondary N) is 1. The summed E-state index contributed by atoms with van der Waals surface area (Å²) in [5.41, 5.74) is 1.45. The van der Waals surface area contributed by atoms with E-state index in [-0.39, 0.29) is 24.1 Å². The van der Waals surface area contributed by atoms with Crippen molar-refractivity contribution in [2.24, 2.45) is 0 Å². The van der Waals surface area contributed by atoms with Gasteiger partial charge in [0.2, 0.25) is 5.91 Å². The molecular formula is C20H16BrFN2O2S2. The highest BCUT2D eigenvalue weighted by Crippen LogP contribution is 2.33. The number of hydrogen-bond acceptors (Lipinski definition) is 4. The summed E-state index contributed by atoms with van der Waals surface area (Å²) in [7, 11) is 0. The Morgan fingerprint density at radius 3 is 2.71 bits per heavy atom. The number of carbonyl (C=O) groups is 2. The maximum absolute atomic E-state index is 12.9. The first-order valence-corrected chi connectivity index (χ1v) is 10.5. The van der Waals surface area contributed by atoms with Gasteiger partial charge in [0.15, 0.2) is 0 Å². The minimum Gasteiger partial charge on any atom is -0.326 e. The number of amides is 2. The number of carbonyl (C=O) groups excluding carboxylic acids is 2. The van der Waals surface area contributed by atoms with Crippen LogP contribution < -0.4 is 5.32 Å². The van der Waals surface area contributed by atoms with Gasteiger partial charge < -0.3 is 5.32 Å². The van der Waals surface area contributed by atoms with Crippen molar-refractivity contribution in [3.63, 3.8) is 0 Å². The van der Waals surface area contributed by atoms with Crippen molar-refractivity contribution in [1.29, 1.82) is 0 Å². The molecule has 0 unspecified atom stereocenters. The number of benzene rings is 2. The SMILES string of the molecule is O=C(CCCN1C(=O)/C(=C/c2cccc(Br)c2)SC1=S)Nc1ccc(F)cc1. The number of thioether (sulfide) groups is 1. The molecule has 0 saturated carbocycles. The van der Waals surface area contributed by atoms with Crippen LogP contribution in [0.3, 0.4) is 0 Å². The monoisotopic (exact) mass is 478 g/mol. The molecule has 1 aliphatic rings. The molecule has 28 heavy (non-hydrogen) atoms. The predicted octanol–water partition coefficient (Wildman–Crippen LogP) is 5.21. The van der Waals surface area contributed by atoms with E-state index in [9.17, 15) is 14.0 Å². The molecule has 8 heteroatoms. The molecule has 2 amide bonds. The first-order valence-electron chi connectivity index (χ1n) is 8.49. The molecule has 0 aromatic heterocycles. The van der Waals surface area contributed by atoms with Crippen LogP contribution in [-0.4, -0.2) is 27.6 Å². The fourth-order valence-corrected chi connectivity index (χ4v) is 4.32. The predicted molar refractivity (Wildman–Crippen MR) is 118 cm³/mol. The van der Waals surface area contributed by atoms with Crippen molar-refractivity contribution in [2.75, 3.05) is 11.9 Å². The van der Waals surface area contributed by atoms with E-state index in [2.05, 4.69) is 21.2 Å². The van der Waals surface area contributed by atoms with E-state index in [1.54, 1.807) is 0 Å². The molecule has 1 aliphatic heterocycles. The van der Waals surface area contributed by atoms with Crippen molar-refractivity contribution in [1.82, 2.24) is 4.90 Å². The summed E-state index contributed by atoms with van der Waals surface area (Å²) in [6, 6.07) is 13.2. The van der Waals surface area contributed by atoms with Gasteiger partial charge in [-0.1, -0.05) is 52.0 Å². The second-order valence-corrected chi connectivity index (χ2v) is 8.64. The molecule has 144 valence electrons. The average Bonchev–Trinajstić information content (AvgIpc) is 2.91. The van der Waals surface area contributed by atoms with Crippen molar-refractivity contribution in [2.45, 2.75) is 12.8 Å². The molecule has 0 spiro atoms. The van der Waals surface area contributed by atoms with Gasteiger partial charge in [0.25, 0.3) is 5.91 Å². The van der Waals surface area contributed by atoms with Crippen LogP contribution in [-0.2, 0) is 9.59 Å². The maximum atomic E-state index is 12.9. The summed E-state index contributed by atoms with van der Waals surface area (Å²) in [4.78, 5) is 26.7. The molecule has 3 rings (SSSR count). The molecule has 0 bridgehead atoms. The topological polar surface area (TPSA) is 49.4 Å². The maximum Gasteiger partial charge on any atom is 0.266 e. The third kappa shape index (κ3) is 5.50. The Bertz CT molecular complexity index is 947. The van der Waals surface area contributed by atoms with Gasteiger partial charge in [-0.15, -0.1) is 0 Å². The lowest BCUT2D eigenvalue weighted by Gasteiger charge is -2.14. The highest BCUT2D eigenvalue weighted by Gasteiger charge is 2.31. The molecule has 1 fully saturated rings. The zero-order valence-electron chi connectivity index (χ0n) is 14.7. The Kier molecular flexibility index (Phi) is 6.98. The van der Waals surface area contributed by atoms with Crippen molar-refractivity contribution >= 4 is 67.8 Å². The summed E-state index contributed by atoms with van der Waals surface area (Å²) >= 11 is 9.99. The molecule has 4 nitrogen and oxygen atoms in total. The number of anilines is 1. The summed E-state index contributed by atoms with van der Waals surface area (Å²) in [5, 5.41) is 2.70. The lowest BCUT2D eigenvalue weighted by molar-refractivity contribution is -0.122. The van der Waals surface area contributed by atoms with Crippen molar-refractivity contribution < 1.29 is 14.0 Å². The van der Waals surface area contributed by atoms with Gasteiger partial charge >= 0.3 is 0 Å². The van der Waals surface area contributed by atoms with E-state index in [1.165, 1.54) is 40.9 Å². The number of halogens is 2. The lowest BCUT2D eigenvalue weighted by Crippen LogP contribution is -2.29. The summed E-state index contributed by atoms with van der Waals surface area (Å²) in [5.74, 6) is -0.695. The first kappa shape index (κ1) is 20.7. The number of nitrogens with zero attached hydrogens (tertiary/aromatic N) is 1. The Balaban J connectivity index is 1.53. The zero-order valence-corrected chi connectivity index (χ0v) is 17.9. The van der Waals surface area contributed by atoms with Gasteiger partial charge in [-0.25, -0.2) is 4.39 Å². The van der Waals surface area contributed by atoms with Gasteiger partial charge in [0.1, 0.15) is 10.1 Å². The van der Waals surface area contributed by atoms with Gasteiger partial charge in [-0.2, -0.15) is 0 Å². The first-order chi connectivity index (χ1) is 13.4. The van der Waals surface area contributed by atoms with Crippen molar-refractivity contribution in [3.05, 3.63) is 69.3 Å². The highest BCUT2D eigenvalue weighted by atomic mass is 79.9. The Morgan fingerprint density at radius 1 is 1.25 bits per heavy atom. The van der Waals surface area contributed by atoms with Crippen LogP contribution in [0.25, 0.3) is 6.08 Å². The molecule has 0 aliphatic carbocycles. The van der Waals surface area contributed by atoms with E-state index in [0.29, 0.717) is 27.9 Å². The van der Waals surface area contributed by atoms with Gasteiger partial charge in [-0.05, 0) is 54.5 Å². The number of thiocarbonyl (C=S) groups is 1. The molecular weight excluding hydrogens is 463 g/mol. The van der Waals surface area contributed by atoms with Crippen LogP contribution in [0.1, 0.15) is 18.4 Å². The fraction of sp³-hybridized carbons (Fsp3) is 0.150. The third-order valence-electron chi connectivity index (χ3n) is 3.93. The Morgan fingerprint density at radius 2 is 2.00 bits per heavy atom. The second-order valence-electron chi connectivity index (χ2n) is 6.05. The molecule has 1 saturated heterocycles. The van der Waals surface area contributed by atoms with Gasteiger partial charge in [0.05, 0.1) is 4.91 Å². The summed E-state index contributed by atoms with van der Waals surface area (Å²) in [6.45, 7) is 0.372. The van der Waals surface area contributed by atoms with E-state index in [4.69, 9.17) is 12.2 Å². The molecule has 0 radical (unpaired) electrons. The Hall–Kier alpha value is -2.03. The normalized spacial score (nSPS) is 15.4. The van der Waals surface area contributed by atoms with Crippen LogP contribution in [0.2, 0.25) is 0 Å². The summed E-state index contributed by atoms with van der Waals surface area (Å²) < 4.78 is 14.3. The van der Waals surface area contributed by atoms with Crippen LogP contribution in [0.5, 0.6) is 0 Å². The average molecular weight is 479 g/mol. The van der Waals surface area contributed by atoms with Crippen LogP contribution >= 0.6 is 39.9 Å². The molecule has 0 atom stereocenters. The molecule has 1 heterocycles. The van der Waals surface area contributed by atoms with E-state index in [1.807, 2.05) is 30.3 Å². The molecule has 2 aromatic rings. The largest absolute Gasteiger partial charge is 0.326 e. The lowest BCUT2D eigenvalue weighted by atomic mass is 10.2. The van der Waals surface area contributed by atoms with Crippen LogP contribution in [0.4, 0.5) is 10.1 Å². The number of hydrogen-bond donors (Lipinski definition) is 1. The van der Waals surface area contributed by atoms with Gasteiger partial charge in [0, 0.05) is 23.1 Å². The van der Waals surface area contributed by atoms with E-state index < -0.39 is 0 Å². The van der Waals surface area contributed by atoms with E-state index in [0.717, 1.165) is 10.0 Å². The molecule has 2 aromatic carbocycles. The van der Waals surface area contributed by atoms with Gasteiger partial charge in [-0.3, -0.25) is 14.5 Å². The highest BCUT2D eigenvalue weighted by molar-refractivity contribution is 9.10. The standard InChI is InChI=1S/C20H16BrFN2O2S2/c21-14-4-1-3-13(11-14)12-17-19(26)24(20(27)28-17)10-2-5-18(25)23-16-8-6-15(22)7-9-16/h1,3-4,6-9,11-12H,2,5,10H2,(H,23,25)/b17-12-. The van der Waals surface area contributed by atoms with E-state index >= 15 is 0 Å². The summed E-state index contributed by atoms with van der Waals surface area (Å²) in [6.07, 6.45) is 2.52. The molecule has 1 N–H and O–H groups in total. The van der Waals surface area contributed by atoms with Crippen LogP contribution in [0.15, 0.2) is 57.9 Å².